The van der Waals surface area contributed by atoms with Crippen LogP contribution in [0.2, 0.25) is 0 Å². The van der Waals surface area contributed by atoms with Crippen molar-refractivity contribution in [3.63, 3.8) is 0 Å². The second-order valence-electron chi connectivity index (χ2n) is 4.67. The molecule has 19 heavy (non-hydrogen) atoms. The van der Waals surface area contributed by atoms with Gasteiger partial charge in [-0.15, -0.1) is 0 Å². The van der Waals surface area contributed by atoms with Gasteiger partial charge in [0.25, 0.3) is 0 Å². The first-order valence-corrected chi connectivity index (χ1v) is 7.02. The molecule has 0 bridgehead atoms. The molecule has 0 amide bonds. The van der Waals surface area contributed by atoms with E-state index in [1.165, 1.54) is 5.56 Å². The third-order valence-electron chi connectivity index (χ3n) is 2.88. The summed E-state index contributed by atoms with van der Waals surface area (Å²) in [5, 5.41) is 14.1. The van der Waals surface area contributed by atoms with Crippen molar-refractivity contribution in [1.29, 1.82) is 0 Å². The van der Waals surface area contributed by atoms with Crippen molar-refractivity contribution >= 4 is 15.9 Å². The van der Waals surface area contributed by atoms with E-state index in [9.17, 15) is 5.11 Å². The van der Waals surface area contributed by atoms with Crippen molar-refractivity contribution in [2.75, 3.05) is 13.6 Å². The highest BCUT2D eigenvalue weighted by molar-refractivity contribution is 9.10. The first-order chi connectivity index (χ1) is 9.15. The van der Waals surface area contributed by atoms with E-state index in [0.29, 0.717) is 13.1 Å². The number of aliphatic hydroxyl groups is 1. The van der Waals surface area contributed by atoms with Crippen LogP contribution < -0.4 is 0 Å². The number of hydrogen-bond donors (Lipinski definition) is 1. The zero-order valence-electron chi connectivity index (χ0n) is 10.9. The molecule has 0 aliphatic heterocycles. The van der Waals surface area contributed by atoms with Crippen molar-refractivity contribution in [3.05, 3.63) is 52.8 Å². The number of nitrogens with zero attached hydrogens (tertiary/aromatic N) is 3. The number of benzene rings is 1. The Kier molecular flexibility index (Phi) is 5.13. The Morgan fingerprint density at radius 2 is 2.16 bits per heavy atom. The van der Waals surface area contributed by atoms with E-state index >= 15 is 0 Å². The lowest BCUT2D eigenvalue weighted by Gasteiger charge is -2.21. The van der Waals surface area contributed by atoms with Crippen LogP contribution in [0.15, 0.2) is 47.2 Å². The van der Waals surface area contributed by atoms with Gasteiger partial charge >= 0.3 is 0 Å². The van der Waals surface area contributed by atoms with Gasteiger partial charge in [0.15, 0.2) is 0 Å². The Balaban J connectivity index is 1.84. The summed E-state index contributed by atoms with van der Waals surface area (Å²) in [6.07, 6.45) is 3.15. The van der Waals surface area contributed by atoms with E-state index in [2.05, 4.69) is 32.0 Å². The lowest BCUT2D eigenvalue weighted by atomic mass is 10.2. The highest BCUT2D eigenvalue weighted by Gasteiger charge is 2.10. The first kappa shape index (κ1) is 14.2. The number of likely N-dealkylation sites (N-methyl/N-ethyl adjacent to an activating group) is 1. The lowest BCUT2D eigenvalue weighted by molar-refractivity contribution is 0.104. The van der Waals surface area contributed by atoms with E-state index in [0.717, 1.165) is 11.0 Å². The number of halogens is 1. The number of hydrogen-bond acceptors (Lipinski definition) is 3. The fourth-order valence-electron chi connectivity index (χ4n) is 2.02. The van der Waals surface area contributed by atoms with Crippen LogP contribution in [0, 0.1) is 0 Å². The third-order valence-corrected chi connectivity index (χ3v) is 3.65. The summed E-state index contributed by atoms with van der Waals surface area (Å²) >= 11 is 3.54. The SMILES string of the molecule is CN(Cc1ccccc1Br)CC(O)Cn1cccn1. The summed E-state index contributed by atoms with van der Waals surface area (Å²) in [4.78, 5) is 2.11. The monoisotopic (exact) mass is 323 g/mol. The van der Waals surface area contributed by atoms with Crippen molar-refractivity contribution in [2.45, 2.75) is 19.2 Å². The maximum Gasteiger partial charge on any atom is 0.0862 e. The maximum absolute atomic E-state index is 10.0. The van der Waals surface area contributed by atoms with Crippen LogP contribution in [0.4, 0.5) is 0 Å². The van der Waals surface area contributed by atoms with Crippen LogP contribution in [-0.2, 0) is 13.1 Å². The summed E-state index contributed by atoms with van der Waals surface area (Å²) in [5.74, 6) is 0. The average Bonchev–Trinajstić information content (AvgIpc) is 2.84. The van der Waals surface area contributed by atoms with E-state index in [1.54, 1.807) is 10.9 Å². The molecule has 0 spiro atoms. The molecule has 1 N–H and O–H groups in total. The van der Waals surface area contributed by atoms with E-state index in [-0.39, 0.29) is 0 Å². The molecule has 2 rings (SSSR count). The highest BCUT2D eigenvalue weighted by atomic mass is 79.9. The molecule has 5 heteroatoms. The molecule has 1 atom stereocenters. The van der Waals surface area contributed by atoms with Gasteiger partial charge in [-0.3, -0.25) is 9.58 Å². The number of rotatable bonds is 6. The molecule has 4 nitrogen and oxygen atoms in total. The molecular formula is C14H18BrN3O. The third kappa shape index (κ3) is 4.45. The van der Waals surface area contributed by atoms with E-state index in [4.69, 9.17) is 0 Å². The lowest BCUT2D eigenvalue weighted by Crippen LogP contribution is -2.32. The van der Waals surface area contributed by atoms with Crippen LogP contribution in [-0.4, -0.2) is 39.5 Å². The minimum Gasteiger partial charge on any atom is -0.390 e. The molecule has 1 unspecified atom stereocenters. The van der Waals surface area contributed by atoms with Crippen LogP contribution >= 0.6 is 15.9 Å². The fraction of sp³-hybridized carbons (Fsp3) is 0.357. The largest absolute Gasteiger partial charge is 0.390 e. The predicted octanol–water partition coefficient (Wildman–Crippen LogP) is 2.14. The van der Waals surface area contributed by atoms with Crippen molar-refractivity contribution in [1.82, 2.24) is 14.7 Å². The van der Waals surface area contributed by atoms with E-state index in [1.807, 2.05) is 37.5 Å². The minimum absolute atomic E-state index is 0.424. The van der Waals surface area contributed by atoms with Crippen molar-refractivity contribution < 1.29 is 5.11 Å². The molecular weight excluding hydrogens is 306 g/mol. The van der Waals surface area contributed by atoms with E-state index < -0.39 is 6.10 Å². The quantitative estimate of drug-likeness (QED) is 0.885. The highest BCUT2D eigenvalue weighted by Crippen LogP contribution is 2.17. The van der Waals surface area contributed by atoms with Gasteiger partial charge in [-0.2, -0.15) is 5.10 Å². The summed E-state index contributed by atoms with van der Waals surface area (Å²) in [6, 6.07) is 10.00. The zero-order valence-corrected chi connectivity index (χ0v) is 12.5. The van der Waals surface area contributed by atoms with Crippen molar-refractivity contribution in [3.8, 4) is 0 Å². The predicted molar refractivity (Wildman–Crippen MR) is 78.7 cm³/mol. The van der Waals surface area contributed by atoms with Gasteiger partial charge in [-0.25, -0.2) is 0 Å². The number of aliphatic hydroxyl groups excluding tert-OH is 1. The molecule has 0 saturated carbocycles. The van der Waals surface area contributed by atoms with Gasteiger partial charge in [0, 0.05) is 30.0 Å². The summed E-state index contributed by atoms with van der Waals surface area (Å²) in [7, 11) is 2.01. The Morgan fingerprint density at radius 1 is 1.37 bits per heavy atom. The smallest absolute Gasteiger partial charge is 0.0862 e. The van der Waals surface area contributed by atoms with Gasteiger partial charge in [0.2, 0.25) is 0 Å². The second kappa shape index (κ2) is 6.84. The Bertz CT molecular complexity index is 501. The Morgan fingerprint density at radius 3 is 2.84 bits per heavy atom. The first-order valence-electron chi connectivity index (χ1n) is 6.22. The number of aromatic nitrogens is 2. The molecule has 102 valence electrons. The van der Waals surface area contributed by atoms with Gasteiger partial charge < -0.3 is 5.11 Å². The molecule has 0 aliphatic carbocycles. The molecule has 1 aromatic heterocycles. The van der Waals surface area contributed by atoms with Crippen LogP contribution in [0.5, 0.6) is 0 Å². The summed E-state index contributed by atoms with van der Waals surface area (Å²) < 4.78 is 2.85. The average molecular weight is 324 g/mol. The molecule has 0 aliphatic rings. The molecule has 1 heterocycles. The molecule has 1 aromatic carbocycles. The van der Waals surface area contributed by atoms with Gasteiger partial charge in [-0.05, 0) is 24.7 Å². The zero-order chi connectivity index (χ0) is 13.7. The second-order valence-corrected chi connectivity index (χ2v) is 5.52. The fourth-order valence-corrected chi connectivity index (χ4v) is 2.43. The molecule has 0 fully saturated rings. The summed E-state index contributed by atoms with van der Waals surface area (Å²) in [6.45, 7) is 1.94. The molecule has 0 saturated heterocycles. The Labute approximate surface area is 121 Å². The molecule has 2 aromatic rings. The van der Waals surface area contributed by atoms with Crippen LogP contribution in [0.25, 0.3) is 0 Å². The van der Waals surface area contributed by atoms with Gasteiger partial charge in [-0.1, -0.05) is 34.1 Å². The van der Waals surface area contributed by atoms with Gasteiger partial charge in [0.1, 0.15) is 0 Å². The van der Waals surface area contributed by atoms with Crippen molar-refractivity contribution in [2.24, 2.45) is 0 Å². The van der Waals surface area contributed by atoms with Crippen LogP contribution in [0.3, 0.4) is 0 Å². The standard InChI is InChI=1S/C14H18BrN3O/c1-17(9-12-5-2-3-6-14(12)15)10-13(19)11-18-8-4-7-16-18/h2-8,13,19H,9-11H2,1H3. The Hall–Kier alpha value is -1.17. The molecule has 0 radical (unpaired) electrons. The maximum atomic E-state index is 10.0. The summed E-state index contributed by atoms with van der Waals surface area (Å²) in [5.41, 5.74) is 1.22. The van der Waals surface area contributed by atoms with Gasteiger partial charge in [0.05, 0.1) is 12.6 Å². The minimum atomic E-state index is -0.424. The van der Waals surface area contributed by atoms with Crippen LogP contribution in [0.1, 0.15) is 5.56 Å². The normalized spacial score (nSPS) is 12.8. The topological polar surface area (TPSA) is 41.3 Å².